The maximum Gasteiger partial charge on any atom is 0.267 e. The molecule has 1 heterocycles. The number of hydrogen-bond donors (Lipinski definition) is 0. The van der Waals surface area contributed by atoms with E-state index in [0.29, 0.717) is 6.42 Å². The lowest BCUT2D eigenvalue weighted by atomic mass is 9.52. The minimum absolute atomic E-state index is 0.469. The van der Waals surface area contributed by atoms with Crippen molar-refractivity contribution in [2.75, 3.05) is 0 Å². The molecule has 0 amide bonds. The van der Waals surface area contributed by atoms with Gasteiger partial charge in [-0.15, -0.1) is 0 Å². The molecule has 4 nitrogen and oxygen atoms in total. The molecule has 0 N–H and O–H groups in total. The number of benzene rings is 2. The minimum Gasteiger partial charge on any atom is -0.228 e. The van der Waals surface area contributed by atoms with Gasteiger partial charge in [0.2, 0.25) is 0 Å². The van der Waals surface area contributed by atoms with E-state index in [1.54, 1.807) is 0 Å². The van der Waals surface area contributed by atoms with Crippen LogP contribution in [-0.2, 0) is 30.4 Å². The van der Waals surface area contributed by atoms with Gasteiger partial charge in [-0.05, 0) is 31.9 Å². The fourth-order valence-corrected chi connectivity index (χ4v) is 4.91. The summed E-state index contributed by atoms with van der Waals surface area (Å²) in [6.45, 7) is 16.7. The van der Waals surface area contributed by atoms with Gasteiger partial charge in [-0.3, -0.25) is 0 Å². The highest BCUT2D eigenvalue weighted by Crippen LogP contribution is 2.63. The van der Waals surface area contributed by atoms with E-state index in [9.17, 15) is 0 Å². The van der Waals surface area contributed by atoms with Crippen LogP contribution in [-0.4, -0.2) is 17.0 Å². The molecular weight excluding hydrogens is 376 g/mol. The topological polar surface area (TPSA) is 36.9 Å². The zero-order valence-corrected chi connectivity index (χ0v) is 19.6. The Morgan fingerprint density at radius 1 is 0.700 bits per heavy atom. The summed E-state index contributed by atoms with van der Waals surface area (Å²) in [5.74, 6) is -1.08. The van der Waals surface area contributed by atoms with E-state index >= 15 is 0 Å². The van der Waals surface area contributed by atoms with E-state index in [4.69, 9.17) is 19.6 Å². The summed E-state index contributed by atoms with van der Waals surface area (Å²) >= 11 is 0. The van der Waals surface area contributed by atoms with Crippen LogP contribution in [0.5, 0.6) is 0 Å². The van der Waals surface area contributed by atoms with Crippen molar-refractivity contribution in [1.82, 2.24) is 0 Å². The van der Waals surface area contributed by atoms with Crippen LogP contribution < -0.4 is 0 Å². The first-order chi connectivity index (χ1) is 13.9. The quantitative estimate of drug-likeness (QED) is 0.384. The average molecular weight is 413 g/mol. The first kappa shape index (κ1) is 23.0. The third-order valence-electron chi connectivity index (χ3n) is 6.48. The van der Waals surface area contributed by atoms with Crippen LogP contribution in [0.1, 0.15) is 72.9 Å². The van der Waals surface area contributed by atoms with Crippen molar-refractivity contribution in [3.63, 3.8) is 0 Å². The molecule has 1 aliphatic heterocycles. The normalized spacial score (nSPS) is 21.9. The number of rotatable bonds is 7. The molecule has 0 saturated carbocycles. The Balaban J connectivity index is 2.22. The molecule has 2 aromatic rings. The molecule has 164 valence electrons. The van der Waals surface area contributed by atoms with E-state index in [1.165, 1.54) is 0 Å². The zero-order chi connectivity index (χ0) is 22.3. The Labute approximate surface area is 181 Å². The third-order valence-corrected chi connectivity index (χ3v) is 6.48. The standard InChI is InChI=1S/C26H36O4/c1-9-25(28-27-22(2,3)4)26(30-29-25,23(5,6)20-16-12-10-13-17-20)24(7,8)21-18-14-11-15-19-21/h10-19H,9H2,1-8H3. The smallest absolute Gasteiger partial charge is 0.228 e. The fourth-order valence-electron chi connectivity index (χ4n) is 4.91. The van der Waals surface area contributed by atoms with Crippen LogP contribution in [0.2, 0.25) is 0 Å². The summed E-state index contributed by atoms with van der Waals surface area (Å²) in [5.41, 5.74) is 0.00622. The van der Waals surface area contributed by atoms with Gasteiger partial charge in [-0.1, -0.05) is 95.3 Å². The molecule has 2 aromatic carbocycles. The molecule has 1 aliphatic rings. The predicted octanol–water partition coefficient (Wildman–Crippen LogP) is 6.50. The summed E-state index contributed by atoms with van der Waals surface area (Å²) in [6.07, 6.45) is 0.565. The van der Waals surface area contributed by atoms with Gasteiger partial charge in [0.05, 0.1) is 5.60 Å². The van der Waals surface area contributed by atoms with Gasteiger partial charge in [-0.25, -0.2) is 9.78 Å². The van der Waals surface area contributed by atoms with Crippen LogP contribution >= 0.6 is 0 Å². The molecule has 4 heteroatoms. The summed E-state index contributed by atoms with van der Waals surface area (Å²) in [7, 11) is 0. The summed E-state index contributed by atoms with van der Waals surface area (Å²) in [4.78, 5) is 24.1. The summed E-state index contributed by atoms with van der Waals surface area (Å²) < 4.78 is 0. The maximum absolute atomic E-state index is 6.22. The van der Waals surface area contributed by atoms with E-state index in [-0.39, 0.29) is 0 Å². The highest BCUT2D eigenvalue weighted by molar-refractivity contribution is 5.40. The third kappa shape index (κ3) is 3.40. The Morgan fingerprint density at radius 3 is 1.43 bits per heavy atom. The van der Waals surface area contributed by atoms with Crippen molar-refractivity contribution < 1.29 is 19.6 Å². The molecule has 0 spiro atoms. The highest BCUT2D eigenvalue weighted by Gasteiger charge is 2.78. The molecule has 0 bridgehead atoms. The molecule has 3 rings (SSSR count). The first-order valence-electron chi connectivity index (χ1n) is 10.8. The molecule has 0 aliphatic carbocycles. The second kappa shape index (κ2) is 7.76. The van der Waals surface area contributed by atoms with Crippen LogP contribution in [0.4, 0.5) is 0 Å². The second-order valence-corrected chi connectivity index (χ2v) is 10.2. The molecule has 1 unspecified atom stereocenters. The van der Waals surface area contributed by atoms with Crippen molar-refractivity contribution in [3.05, 3.63) is 71.8 Å². The molecule has 1 atom stereocenters. The van der Waals surface area contributed by atoms with Gasteiger partial charge < -0.3 is 0 Å². The largest absolute Gasteiger partial charge is 0.267 e. The van der Waals surface area contributed by atoms with Gasteiger partial charge in [0, 0.05) is 17.3 Å². The number of hydrogen-bond acceptors (Lipinski definition) is 4. The zero-order valence-electron chi connectivity index (χ0n) is 19.6. The summed E-state index contributed by atoms with van der Waals surface area (Å²) in [6, 6.07) is 20.8. The van der Waals surface area contributed by atoms with E-state index in [2.05, 4.69) is 76.2 Å². The monoisotopic (exact) mass is 412 g/mol. The molecule has 1 saturated heterocycles. The Kier molecular flexibility index (Phi) is 5.94. The molecular formula is C26H36O4. The van der Waals surface area contributed by atoms with Crippen molar-refractivity contribution in [3.8, 4) is 0 Å². The Hall–Kier alpha value is -1.72. The maximum atomic E-state index is 6.22. The lowest BCUT2D eigenvalue weighted by molar-refractivity contribution is -0.678. The van der Waals surface area contributed by atoms with Gasteiger partial charge >= 0.3 is 0 Å². The van der Waals surface area contributed by atoms with Crippen LogP contribution in [0.3, 0.4) is 0 Å². The lowest BCUT2D eigenvalue weighted by Crippen LogP contribution is -2.81. The average Bonchev–Trinajstić information content (AvgIpc) is 2.68. The van der Waals surface area contributed by atoms with Crippen molar-refractivity contribution in [2.24, 2.45) is 0 Å². The van der Waals surface area contributed by atoms with E-state index < -0.39 is 27.8 Å². The van der Waals surface area contributed by atoms with Crippen LogP contribution in [0.25, 0.3) is 0 Å². The highest BCUT2D eigenvalue weighted by atomic mass is 17.4. The van der Waals surface area contributed by atoms with Gasteiger partial charge in [0.15, 0.2) is 5.60 Å². The SMILES string of the molecule is CCC1(OOC(C)(C)C)OOC1(C(C)(C)c1ccccc1)C(C)(C)c1ccccc1. The van der Waals surface area contributed by atoms with Crippen molar-refractivity contribution >= 4 is 0 Å². The van der Waals surface area contributed by atoms with Gasteiger partial charge in [-0.2, -0.15) is 9.78 Å². The second-order valence-electron chi connectivity index (χ2n) is 10.2. The van der Waals surface area contributed by atoms with Crippen molar-refractivity contribution in [2.45, 2.75) is 89.6 Å². The van der Waals surface area contributed by atoms with Crippen LogP contribution in [0.15, 0.2) is 60.7 Å². The molecule has 0 aromatic heterocycles. The predicted molar refractivity (Wildman–Crippen MR) is 119 cm³/mol. The molecule has 30 heavy (non-hydrogen) atoms. The fraction of sp³-hybridized carbons (Fsp3) is 0.538. The lowest BCUT2D eigenvalue weighted by Gasteiger charge is -2.66. The van der Waals surface area contributed by atoms with Gasteiger partial charge in [0.25, 0.3) is 5.79 Å². The Morgan fingerprint density at radius 2 is 1.13 bits per heavy atom. The van der Waals surface area contributed by atoms with Gasteiger partial charge in [0.1, 0.15) is 0 Å². The van der Waals surface area contributed by atoms with Crippen molar-refractivity contribution in [1.29, 1.82) is 0 Å². The molecule has 0 radical (unpaired) electrons. The molecule has 1 fully saturated rings. The van der Waals surface area contributed by atoms with E-state index in [1.807, 2.05) is 39.8 Å². The Bertz CT molecular complexity index is 781. The minimum atomic E-state index is -1.08. The summed E-state index contributed by atoms with van der Waals surface area (Å²) in [5, 5.41) is 0. The first-order valence-corrected chi connectivity index (χ1v) is 10.8. The van der Waals surface area contributed by atoms with Crippen LogP contribution in [0, 0.1) is 0 Å². The van der Waals surface area contributed by atoms with E-state index in [0.717, 1.165) is 11.1 Å².